The van der Waals surface area contributed by atoms with E-state index < -0.39 is 5.97 Å². The molecule has 1 amide bonds. The molecule has 1 N–H and O–H groups in total. The van der Waals surface area contributed by atoms with Crippen molar-refractivity contribution in [2.24, 2.45) is 5.92 Å². The van der Waals surface area contributed by atoms with Gasteiger partial charge in [-0.3, -0.25) is 9.48 Å². The standard InChI is InChI=1S/C22H23N3O3/c26-21(15-25-20-9-5-4-8-17(20)14-23-25)28-19-12-10-18(11-13-19)24-22(27)16-6-2-1-3-7-16/h4-5,8-14,16H,1-3,6-7,15H2,(H,24,27). The Labute approximate surface area is 163 Å². The summed E-state index contributed by atoms with van der Waals surface area (Å²) in [6, 6.07) is 14.6. The van der Waals surface area contributed by atoms with Crippen LogP contribution in [-0.4, -0.2) is 21.7 Å². The van der Waals surface area contributed by atoms with Crippen LogP contribution in [0.25, 0.3) is 10.9 Å². The van der Waals surface area contributed by atoms with E-state index in [1.807, 2.05) is 24.3 Å². The first-order valence-corrected chi connectivity index (χ1v) is 9.71. The third-order valence-corrected chi connectivity index (χ3v) is 5.16. The molecular weight excluding hydrogens is 354 g/mol. The van der Waals surface area contributed by atoms with Crippen molar-refractivity contribution in [2.45, 2.75) is 38.6 Å². The van der Waals surface area contributed by atoms with Crippen LogP contribution in [0, 0.1) is 5.92 Å². The van der Waals surface area contributed by atoms with Gasteiger partial charge in [0.1, 0.15) is 12.3 Å². The second-order valence-corrected chi connectivity index (χ2v) is 7.18. The number of ether oxygens (including phenoxy) is 1. The minimum absolute atomic E-state index is 0.0354. The van der Waals surface area contributed by atoms with Crippen molar-refractivity contribution >= 4 is 28.5 Å². The van der Waals surface area contributed by atoms with E-state index in [-0.39, 0.29) is 18.4 Å². The molecule has 0 spiro atoms. The number of anilines is 1. The maximum atomic E-state index is 12.3. The Morgan fingerprint density at radius 2 is 1.79 bits per heavy atom. The zero-order valence-electron chi connectivity index (χ0n) is 15.6. The van der Waals surface area contributed by atoms with Crippen molar-refractivity contribution in [3.8, 4) is 5.75 Å². The first kappa shape index (κ1) is 18.2. The summed E-state index contributed by atoms with van der Waals surface area (Å²) in [6.45, 7) is 0.0354. The highest BCUT2D eigenvalue weighted by molar-refractivity contribution is 5.92. The predicted molar refractivity (Wildman–Crippen MR) is 107 cm³/mol. The number of nitrogens with zero attached hydrogens (tertiary/aromatic N) is 2. The van der Waals surface area contributed by atoms with Gasteiger partial charge in [0.05, 0.1) is 11.7 Å². The summed E-state index contributed by atoms with van der Waals surface area (Å²) in [5, 5.41) is 8.17. The minimum atomic E-state index is -0.396. The third kappa shape index (κ3) is 4.22. The van der Waals surface area contributed by atoms with Gasteiger partial charge in [-0.15, -0.1) is 0 Å². The molecule has 3 aromatic rings. The van der Waals surface area contributed by atoms with Crippen LogP contribution in [0.5, 0.6) is 5.75 Å². The number of hydrogen-bond acceptors (Lipinski definition) is 4. The van der Waals surface area contributed by atoms with Crippen LogP contribution < -0.4 is 10.1 Å². The van der Waals surface area contributed by atoms with Crippen molar-refractivity contribution in [2.75, 3.05) is 5.32 Å². The third-order valence-electron chi connectivity index (χ3n) is 5.16. The van der Waals surface area contributed by atoms with Crippen molar-refractivity contribution < 1.29 is 14.3 Å². The van der Waals surface area contributed by atoms with Gasteiger partial charge in [0, 0.05) is 17.0 Å². The first-order valence-electron chi connectivity index (χ1n) is 9.71. The number of fused-ring (bicyclic) bond motifs is 1. The molecule has 6 heteroatoms. The number of aromatic nitrogens is 2. The molecule has 0 unspecified atom stereocenters. The lowest BCUT2D eigenvalue weighted by molar-refractivity contribution is -0.135. The Balaban J connectivity index is 1.33. The molecule has 1 fully saturated rings. The number of carbonyl (C=O) groups is 2. The molecule has 144 valence electrons. The fourth-order valence-electron chi connectivity index (χ4n) is 3.65. The lowest BCUT2D eigenvalue weighted by Crippen LogP contribution is -2.24. The number of para-hydroxylation sites is 1. The molecule has 1 saturated carbocycles. The maximum Gasteiger partial charge on any atom is 0.333 e. The Morgan fingerprint density at radius 3 is 2.57 bits per heavy atom. The number of hydrogen-bond donors (Lipinski definition) is 1. The van der Waals surface area contributed by atoms with Gasteiger partial charge in [0.15, 0.2) is 0 Å². The van der Waals surface area contributed by atoms with Gasteiger partial charge in [0.2, 0.25) is 5.91 Å². The topological polar surface area (TPSA) is 73.2 Å². The van der Waals surface area contributed by atoms with E-state index in [1.54, 1.807) is 35.1 Å². The molecule has 0 aliphatic heterocycles. The van der Waals surface area contributed by atoms with Crippen LogP contribution in [0.4, 0.5) is 5.69 Å². The summed E-state index contributed by atoms with van der Waals surface area (Å²) in [7, 11) is 0. The zero-order valence-corrected chi connectivity index (χ0v) is 15.6. The van der Waals surface area contributed by atoms with Gasteiger partial charge in [0.25, 0.3) is 0 Å². The van der Waals surface area contributed by atoms with Gasteiger partial charge in [-0.05, 0) is 43.2 Å². The molecule has 1 heterocycles. The molecule has 4 rings (SSSR count). The van der Waals surface area contributed by atoms with Gasteiger partial charge in [-0.25, -0.2) is 4.79 Å². The van der Waals surface area contributed by atoms with E-state index in [9.17, 15) is 9.59 Å². The molecule has 28 heavy (non-hydrogen) atoms. The van der Waals surface area contributed by atoms with Crippen LogP contribution in [0.1, 0.15) is 32.1 Å². The van der Waals surface area contributed by atoms with Crippen LogP contribution in [0.15, 0.2) is 54.7 Å². The Morgan fingerprint density at radius 1 is 1.04 bits per heavy atom. The quantitative estimate of drug-likeness (QED) is 0.535. The highest BCUT2D eigenvalue weighted by Gasteiger charge is 2.21. The van der Waals surface area contributed by atoms with Gasteiger partial charge in [-0.2, -0.15) is 5.10 Å². The van der Waals surface area contributed by atoms with Crippen LogP contribution in [-0.2, 0) is 16.1 Å². The zero-order chi connectivity index (χ0) is 19.3. The number of rotatable bonds is 5. The van der Waals surface area contributed by atoms with E-state index in [0.29, 0.717) is 11.4 Å². The molecule has 6 nitrogen and oxygen atoms in total. The van der Waals surface area contributed by atoms with Gasteiger partial charge in [-0.1, -0.05) is 37.5 Å². The largest absolute Gasteiger partial charge is 0.425 e. The molecule has 1 aromatic heterocycles. The number of amides is 1. The smallest absolute Gasteiger partial charge is 0.333 e. The number of benzene rings is 2. The van der Waals surface area contributed by atoms with E-state index >= 15 is 0 Å². The highest BCUT2D eigenvalue weighted by atomic mass is 16.5. The monoisotopic (exact) mass is 377 g/mol. The van der Waals surface area contributed by atoms with E-state index in [1.165, 1.54) is 6.42 Å². The fraction of sp³-hybridized carbons (Fsp3) is 0.318. The molecule has 1 aliphatic carbocycles. The Bertz CT molecular complexity index is 972. The molecule has 0 saturated heterocycles. The summed E-state index contributed by atoms with van der Waals surface area (Å²) in [5.74, 6) is 0.232. The summed E-state index contributed by atoms with van der Waals surface area (Å²) in [5.41, 5.74) is 1.61. The molecule has 1 aliphatic rings. The summed E-state index contributed by atoms with van der Waals surface area (Å²) >= 11 is 0. The average Bonchev–Trinajstić information content (AvgIpc) is 3.13. The van der Waals surface area contributed by atoms with Crippen molar-refractivity contribution in [1.82, 2.24) is 9.78 Å². The van der Waals surface area contributed by atoms with E-state index in [4.69, 9.17) is 4.74 Å². The lowest BCUT2D eigenvalue weighted by Gasteiger charge is -2.20. The highest BCUT2D eigenvalue weighted by Crippen LogP contribution is 2.25. The van der Waals surface area contributed by atoms with Gasteiger partial charge < -0.3 is 10.1 Å². The van der Waals surface area contributed by atoms with Crippen LogP contribution in [0.2, 0.25) is 0 Å². The Hall–Kier alpha value is -3.15. The van der Waals surface area contributed by atoms with Crippen LogP contribution in [0.3, 0.4) is 0 Å². The summed E-state index contributed by atoms with van der Waals surface area (Å²) in [6.07, 6.45) is 7.12. The second-order valence-electron chi connectivity index (χ2n) is 7.18. The second kappa shape index (κ2) is 8.25. The average molecular weight is 377 g/mol. The fourth-order valence-corrected chi connectivity index (χ4v) is 3.65. The minimum Gasteiger partial charge on any atom is -0.425 e. The molecule has 0 atom stereocenters. The molecule has 0 radical (unpaired) electrons. The van der Waals surface area contributed by atoms with E-state index in [2.05, 4.69) is 10.4 Å². The SMILES string of the molecule is O=C(Cn1ncc2ccccc21)Oc1ccc(NC(=O)C2CCCCC2)cc1. The van der Waals surface area contributed by atoms with Crippen molar-refractivity contribution in [3.63, 3.8) is 0 Å². The number of esters is 1. The first-order chi connectivity index (χ1) is 13.7. The number of nitrogens with one attached hydrogen (secondary N) is 1. The summed E-state index contributed by atoms with van der Waals surface area (Å²) < 4.78 is 7.02. The lowest BCUT2D eigenvalue weighted by atomic mass is 9.88. The normalized spacial score (nSPS) is 14.7. The van der Waals surface area contributed by atoms with E-state index in [0.717, 1.165) is 36.6 Å². The van der Waals surface area contributed by atoms with Crippen molar-refractivity contribution in [3.05, 3.63) is 54.7 Å². The molecular formula is C22H23N3O3. The van der Waals surface area contributed by atoms with Gasteiger partial charge >= 0.3 is 5.97 Å². The Kier molecular flexibility index (Phi) is 5.37. The molecule has 2 aromatic carbocycles. The predicted octanol–water partition coefficient (Wildman–Crippen LogP) is 4.16. The number of carbonyl (C=O) groups excluding carboxylic acids is 2. The molecule has 0 bridgehead atoms. The maximum absolute atomic E-state index is 12.3. The summed E-state index contributed by atoms with van der Waals surface area (Å²) in [4.78, 5) is 24.5. The van der Waals surface area contributed by atoms with Crippen LogP contribution >= 0.6 is 0 Å². The van der Waals surface area contributed by atoms with Crippen molar-refractivity contribution in [1.29, 1.82) is 0 Å².